The Hall–Kier alpha value is -2.14. The van der Waals surface area contributed by atoms with Gasteiger partial charge in [-0.15, -0.1) is 0 Å². The summed E-state index contributed by atoms with van der Waals surface area (Å²) < 4.78 is 19.0. The van der Waals surface area contributed by atoms with E-state index in [0.717, 1.165) is 0 Å². The van der Waals surface area contributed by atoms with Crippen LogP contribution in [0.5, 0.6) is 11.5 Å². The molecule has 1 heterocycles. The van der Waals surface area contributed by atoms with Crippen molar-refractivity contribution in [1.82, 2.24) is 4.98 Å². The van der Waals surface area contributed by atoms with Crippen molar-refractivity contribution in [3.8, 4) is 11.5 Å². The first-order chi connectivity index (χ1) is 8.20. The molecule has 0 fully saturated rings. The molecule has 4 N–H and O–H groups in total. The van der Waals surface area contributed by atoms with E-state index in [0.29, 0.717) is 17.0 Å². The molecule has 2 aromatic rings. The third kappa shape index (κ3) is 2.51. The second-order valence-electron chi connectivity index (χ2n) is 3.48. The van der Waals surface area contributed by atoms with Gasteiger partial charge in [0.1, 0.15) is 5.75 Å². The number of hydrogen-bond acceptors (Lipinski definition) is 4. The fourth-order valence-corrected chi connectivity index (χ4v) is 1.39. The number of halogens is 1. The Morgan fingerprint density at radius 2 is 2.06 bits per heavy atom. The Balaban J connectivity index is 2.31. The molecule has 0 radical (unpaired) electrons. The van der Waals surface area contributed by atoms with E-state index in [4.69, 9.17) is 16.2 Å². The lowest BCUT2D eigenvalue weighted by Crippen LogP contribution is -2.00. The fourth-order valence-electron chi connectivity index (χ4n) is 1.39. The van der Waals surface area contributed by atoms with Gasteiger partial charge in [-0.3, -0.25) is 4.98 Å². The number of anilines is 1. The van der Waals surface area contributed by atoms with Gasteiger partial charge in [-0.05, 0) is 18.2 Å². The van der Waals surface area contributed by atoms with Crippen molar-refractivity contribution in [2.24, 2.45) is 5.73 Å². The SMILES string of the molecule is NCc1cnccc1Oc1ccc(N)cc1F. The highest BCUT2D eigenvalue weighted by atomic mass is 19.1. The molecular weight excluding hydrogens is 221 g/mol. The Bertz CT molecular complexity index is 531. The normalized spacial score (nSPS) is 10.2. The summed E-state index contributed by atoms with van der Waals surface area (Å²) in [4.78, 5) is 3.92. The molecule has 0 aliphatic rings. The molecule has 0 saturated carbocycles. The number of benzene rings is 1. The van der Waals surface area contributed by atoms with Crippen molar-refractivity contribution in [3.63, 3.8) is 0 Å². The number of hydrogen-bond donors (Lipinski definition) is 2. The van der Waals surface area contributed by atoms with Crippen LogP contribution in [0.3, 0.4) is 0 Å². The van der Waals surface area contributed by atoms with E-state index in [1.165, 1.54) is 12.1 Å². The molecule has 5 heteroatoms. The molecule has 17 heavy (non-hydrogen) atoms. The third-order valence-corrected chi connectivity index (χ3v) is 2.25. The van der Waals surface area contributed by atoms with Crippen LogP contribution in [0.15, 0.2) is 36.7 Å². The van der Waals surface area contributed by atoms with Crippen LogP contribution in [0.25, 0.3) is 0 Å². The van der Waals surface area contributed by atoms with E-state index in [2.05, 4.69) is 4.98 Å². The van der Waals surface area contributed by atoms with Crippen LogP contribution in [0, 0.1) is 5.82 Å². The van der Waals surface area contributed by atoms with Crippen molar-refractivity contribution < 1.29 is 9.13 Å². The highest BCUT2D eigenvalue weighted by molar-refractivity contribution is 5.45. The fraction of sp³-hybridized carbons (Fsp3) is 0.0833. The predicted octanol–water partition coefficient (Wildman–Crippen LogP) is 2.05. The van der Waals surface area contributed by atoms with Crippen LogP contribution in [0.2, 0.25) is 0 Å². The number of nitrogens with zero attached hydrogens (tertiary/aromatic N) is 1. The van der Waals surface area contributed by atoms with Gasteiger partial charge >= 0.3 is 0 Å². The molecule has 0 bridgehead atoms. The lowest BCUT2D eigenvalue weighted by Gasteiger charge is -2.10. The summed E-state index contributed by atoms with van der Waals surface area (Å²) in [6, 6.07) is 5.89. The summed E-state index contributed by atoms with van der Waals surface area (Å²) in [6.45, 7) is 0.278. The van der Waals surface area contributed by atoms with Crippen LogP contribution in [-0.2, 0) is 6.54 Å². The Morgan fingerprint density at radius 1 is 1.24 bits per heavy atom. The Kier molecular flexibility index (Phi) is 3.20. The van der Waals surface area contributed by atoms with E-state index in [1.54, 1.807) is 24.5 Å². The average Bonchev–Trinajstić information content (AvgIpc) is 2.33. The minimum Gasteiger partial charge on any atom is -0.454 e. The number of ether oxygens (including phenoxy) is 1. The van der Waals surface area contributed by atoms with E-state index < -0.39 is 5.82 Å². The van der Waals surface area contributed by atoms with E-state index in [-0.39, 0.29) is 12.3 Å². The summed E-state index contributed by atoms with van der Waals surface area (Å²) in [6.07, 6.45) is 3.15. The first kappa shape index (κ1) is 11.3. The van der Waals surface area contributed by atoms with Crippen LogP contribution in [0.4, 0.5) is 10.1 Å². The summed E-state index contributed by atoms with van der Waals surface area (Å²) in [5.41, 5.74) is 12.0. The minimum absolute atomic E-state index is 0.111. The smallest absolute Gasteiger partial charge is 0.167 e. The lowest BCUT2D eigenvalue weighted by atomic mass is 10.2. The predicted molar refractivity (Wildman–Crippen MR) is 63.0 cm³/mol. The van der Waals surface area contributed by atoms with Gasteiger partial charge in [-0.2, -0.15) is 0 Å². The first-order valence-corrected chi connectivity index (χ1v) is 5.06. The second kappa shape index (κ2) is 4.80. The molecule has 0 saturated heterocycles. The third-order valence-electron chi connectivity index (χ3n) is 2.25. The minimum atomic E-state index is -0.509. The molecule has 2 rings (SSSR count). The summed E-state index contributed by atoms with van der Waals surface area (Å²) in [7, 11) is 0. The van der Waals surface area contributed by atoms with Crippen LogP contribution >= 0.6 is 0 Å². The lowest BCUT2D eigenvalue weighted by molar-refractivity contribution is 0.437. The van der Waals surface area contributed by atoms with Crippen LogP contribution in [-0.4, -0.2) is 4.98 Å². The summed E-state index contributed by atoms with van der Waals surface area (Å²) in [5.74, 6) is 0.0936. The van der Waals surface area contributed by atoms with Crippen molar-refractivity contribution in [1.29, 1.82) is 0 Å². The zero-order valence-electron chi connectivity index (χ0n) is 9.06. The quantitative estimate of drug-likeness (QED) is 0.796. The monoisotopic (exact) mass is 233 g/mol. The van der Waals surface area contributed by atoms with Gasteiger partial charge in [0.2, 0.25) is 0 Å². The maximum atomic E-state index is 13.5. The molecule has 4 nitrogen and oxygen atoms in total. The Morgan fingerprint density at radius 3 is 2.76 bits per heavy atom. The van der Waals surface area contributed by atoms with Gasteiger partial charge in [0.25, 0.3) is 0 Å². The number of aromatic nitrogens is 1. The molecule has 0 unspecified atom stereocenters. The second-order valence-corrected chi connectivity index (χ2v) is 3.48. The molecule has 0 spiro atoms. The zero-order chi connectivity index (χ0) is 12.3. The largest absolute Gasteiger partial charge is 0.454 e. The van der Waals surface area contributed by atoms with E-state index in [9.17, 15) is 4.39 Å². The highest BCUT2D eigenvalue weighted by Crippen LogP contribution is 2.27. The van der Waals surface area contributed by atoms with Gasteiger partial charge in [-0.25, -0.2) is 4.39 Å². The maximum Gasteiger partial charge on any atom is 0.167 e. The number of nitrogens with two attached hydrogens (primary N) is 2. The standard InChI is InChI=1S/C12H12FN3O/c13-10-5-9(15)1-2-12(10)17-11-3-4-16-7-8(11)6-14/h1-5,7H,6,14-15H2. The molecule has 1 aromatic heterocycles. The average molecular weight is 233 g/mol. The van der Waals surface area contributed by atoms with Gasteiger partial charge in [-0.1, -0.05) is 0 Å². The van der Waals surface area contributed by atoms with Gasteiger partial charge in [0.05, 0.1) is 0 Å². The topological polar surface area (TPSA) is 74.2 Å². The van der Waals surface area contributed by atoms with Crippen molar-refractivity contribution >= 4 is 5.69 Å². The molecule has 0 amide bonds. The molecular formula is C12H12FN3O. The highest BCUT2D eigenvalue weighted by Gasteiger charge is 2.07. The molecule has 1 aromatic carbocycles. The summed E-state index contributed by atoms with van der Waals surface area (Å²) >= 11 is 0. The first-order valence-electron chi connectivity index (χ1n) is 5.06. The summed E-state index contributed by atoms with van der Waals surface area (Å²) in [5, 5.41) is 0. The van der Waals surface area contributed by atoms with Gasteiger partial charge in [0.15, 0.2) is 11.6 Å². The van der Waals surface area contributed by atoms with Crippen molar-refractivity contribution in [2.75, 3.05) is 5.73 Å². The van der Waals surface area contributed by atoms with E-state index in [1.807, 2.05) is 0 Å². The number of pyridine rings is 1. The Labute approximate surface area is 98.0 Å². The van der Waals surface area contributed by atoms with E-state index >= 15 is 0 Å². The molecule has 0 atom stereocenters. The molecule has 88 valence electrons. The van der Waals surface area contributed by atoms with Crippen molar-refractivity contribution in [3.05, 3.63) is 48.0 Å². The molecule has 0 aliphatic heterocycles. The number of rotatable bonds is 3. The van der Waals surface area contributed by atoms with Crippen LogP contribution in [0.1, 0.15) is 5.56 Å². The van der Waals surface area contributed by atoms with Gasteiger partial charge in [0, 0.05) is 36.3 Å². The van der Waals surface area contributed by atoms with Gasteiger partial charge < -0.3 is 16.2 Å². The van der Waals surface area contributed by atoms with Crippen molar-refractivity contribution in [2.45, 2.75) is 6.54 Å². The zero-order valence-corrected chi connectivity index (χ0v) is 9.06. The maximum absolute atomic E-state index is 13.5. The van der Waals surface area contributed by atoms with Crippen LogP contribution < -0.4 is 16.2 Å². The molecule has 0 aliphatic carbocycles. The number of nitrogen functional groups attached to an aromatic ring is 1.